The van der Waals surface area contributed by atoms with Crippen molar-refractivity contribution < 1.29 is 29.4 Å². The summed E-state index contributed by atoms with van der Waals surface area (Å²) >= 11 is 1.48. The number of aromatic nitrogens is 1. The van der Waals surface area contributed by atoms with Crippen molar-refractivity contribution in [3.63, 3.8) is 0 Å². The summed E-state index contributed by atoms with van der Waals surface area (Å²) in [5.41, 5.74) is 0.707. The van der Waals surface area contributed by atoms with Gasteiger partial charge in [0.2, 0.25) is 5.91 Å². The molecule has 2 aromatic rings. The Balaban J connectivity index is 1.45. The molecule has 0 radical (unpaired) electrons. The van der Waals surface area contributed by atoms with Gasteiger partial charge in [-0.3, -0.25) is 19.5 Å². The highest BCUT2D eigenvalue weighted by Crippen LogP contribution is 2.29. The molecule has 1 aromatic carbocycles. The van der Waals surface area contributed by atoms with Gasteiger partial charge in [0.15, 0.2) is 11.4 Å². The molecule has 4 rings (SSSR count). The molecule has 15 heteroatoms. The number of nitrogens with one attached hydrogen (secondary N) is 2. The van der Waals surface area contributed by atoms with Crippen LogP contribution in [-0.4, -0.2) is 120 Å². The van der Waals surface area contributed by atoms with E-state index in [1.165, 1.54) is 18.3 Å². The third-order valence-corrected chi connectivity index (χ3v) is 9.69. The fraction of sp³-hybridized carbons (Fsp3) is 0.618. The Morgan fingerprint density at radius 2 is 1.37 bits per heavy atom. The minimum atomic E-state index is -1.24. The molecular formula is C34H52N8O6S. The number of hydrogen-bond acceptors (Lipinski definition) is 8. The van der Waals surface area contributed by atoms with Crippen LogP contribution < -0.4 is 10.6 Å². The average molecular weight is 701 g/mol. The SMILES string of the molecule is CC(=O)Nc1nc(CCc2ccc(NC(N(C(=O)O)C(C)(C)C)N(C(=O)O)C(C)(C)C)cc2)c(CN2CCN(C(=O)N3CCCC3)CC2)s1. The number of rotatable bonds is 10. The van der Waals surface area contributed by atoms with E-state index < -0.39 is 29.6 Å². The lowest BCUT2D eigenvalue weighted by molar-refractivity contribution is -0.114. The normalized spacial score (nSPS) is 15.8. The highest BCUT2D eigenvalue weighted by Gasteiger charge is 2.43. The van der Waals surface area contributed by atoms with E-state index in [9.17, 15) is 29.4 Å². The summed E-state index contributed by atoms with van der Waals surface area (Å²) in [7, 11) is 0. The van der Waals surface area contributed by atoms with E-state index >= 15 is 0 Å². The van der Waals surface area contributed by atoms with Crippen molar-refractivity contribution in [3.05, 3.63) is 40.4 Å². The van der Waals surface area contributed by atoms with E-state index in [0.29, 0.717) is 43.3 Å². The second-order valence-corrected chi connectivity index (χ2v) is 15.8. The van der Waals surface area contributed by atoms with E-state index in [1.807, 2.05) is 34.1 Å². The van der Waals surface area contributed by atoms with Crippen LogP contribution in [0.15, 0.2) is 24.3 Å². The first-order valence-electron chi connectivity index (χ1n) is 16.9. The zero-order valence-electron chi connectivity index (χ0n) is 29.8. The predicted molar refractivity (Wildman–Crippen MR) is 190 cm³/mol. The number of amides is 5. The molecule has 0 aliphatic carbocycles. The summed E-state index contributed by atoms with van der Waals surface area (Å²) in [5, 5.41) is 26.8. The monoisotopic (exact) mass is 700 g/mol. The molecule has 0 bridgehead atoms. The molecule has 3 heterocycles. The average Bonchev–Trinajstić information content (AvgIpc) is 3.65. The first-order chi connectivity index (χ1) is 22.9. The second kappa shape index (κ2) is 15.6. The minimum absolute atomic E-state index is 0.141. The van der Waals surface area contributed by atoms with Crippen molar-refractivity contribution in [2.24, 2.45) is 0 Å². The van der Waals surface area contributed by atoms with Gasteiger partial charge in [-0.2, -0.15) is 0 Å². The smallest absolute Gasteiger partial charge is 0.410 e. The van der Waals surface area contributed by atoms with Gasteiger partial charge in [0, 0.05) is 74.4 Å². The zero-order valence-corrected chi connectivity index (χ0v) is 30.6. The van der Waals surface area contributed by atoms with E-state index in [1.54, 1.807) is 41.5 Å². The van der Waals surface area contributed by atoms with E-state index in [0.717, 1.165) is 65.0 Å². The largest absolute Gasteiger partial charge is 0.465 e. The fourth-order valence-electron chi connectivity index (χ4n) is 6.26. The lowest BCUT2D eigenvalue weighted by Gasteiger charge is -2.48. The van der Waals surface area contributed by atoms with Crippen molar-refractivity contribution in [1.82, 2.24) is 29.5 Å². The van der Waals surface area contributed by atoms with Gasteiger partial charge < -0.3 is 30.6 Å². The summed E-state index contributed by atoms with van der Waals surface area (Å²) in [5.74, 6) is -0.178. The summed E-state index contributed by atoms with van der Waals surface area (Å²) < 4.78 is 0. The van der Waals surface area contributed by atoms with Gasteiger partial charge >= 0.3 is 18.2 Å². The number of urea groups is 1. The molecule has 270 valence electrons. The molecule has 2 saturated heterocycles. The molecule has 4 N–H and O–H groups in total. The first-order valence-corrected chi connectivity index (χ1v) is 17.7. The van der Waals surface area contributed by atoms with E-state index in [4.69, 9.17) is 4.98 Å². The minimum Gasteiger partial charge on any atom is -0.465 e. The summed E-state index contributed by atoms with van der Waals surface area (Å²) in [4.78, 5) is 63.8. The molecule has 14 nitrogen and oxygen atoms in total. The second-order valence-electron chi connectivity index (χ2n) is 14.7. The number of likely N-dealkylation sites (tertiary alicyclic amines) is 1. The van der Waals surface area contributed by atoms with Crippen LogP contribution in [0.3, 0.4) is 0 Å². The number of anilines is 2. The van der Waals surface area contributed by atoms with Gasteiger partial charge in [0.1, 0.15) is 0 Å². The van der Waals surface area contributed by atoms with E-state index in [2.05, 4.69) is 15.5 Å². The number of hydrogen-bond donors (Lipinski definition) is 4. The van der Waals surface area contributed by atoms with Crippen LogP contribution >= 0.6 is 11.3 Å². The Morgan fingerprint density at radius 3 is 1.86 bits per heavy atom. The molecule has 5 amide bonds. The predicted octanol–water partition coefficient (Wildman–Crippen LogP) is 5.47. The van der Waals surface area contributed by atoms with E-state index in [-0.39, 0.29) is 11.9 Å². The Hall–Kier alpha value is -4.11. The van der Waals surface area contributed by atoms with Crippen LogP contribution in [-0.2, 0) is 24.2 Å². The Kier molecular flexibility index (Phi) is 12.0. The molecule has 0 atom stereocenters. The lowest BCUT2D eigenvalue weighted by Crippen LogP contribution is -2.66. The summed E-state index contributed by atoms with van der Waals surface area (Å²) in [6.07, 6.45) is -0.217. The van der Waals surface area contributed by atoms with Crippen LogP contribution in [0.25, 0.3) is 0 Å². The van der Waals surface area contributed by atoms with Crippen LogP contribution in [0.2, 0.25) is 0 Å². The van der Waals surface area contributed by atoms with Crippen molar-refractivity contribution in [2.75, 3.05) is 49.9 Å². The first kappa shape index (κ1) is 37.7. The number of benzene rings is 1. The molecule has 0 saturated carbocycles. The molecule has 2 aliphatic rings. The molecule has 2 fully saturated rings. The summed E-state index contributed by atoms with van der Waals surface area (Å²) in [6.45, 7) is 17.1. The molecular weight excluding hydrogens is 648 g/mol. The summed E-state index contributed by atoms with van der Waals surface area (Å²) in [6, 6.07) is 7.65. The van der Waals surface area contributed by atoms with Gasteiger partial charge in [-0.25, -0.2) is 19.4 Å². The van der Waals surface area contributed by atoms with Gasteiger partial charge in [0.05, 0.1) is 5.69 Å². The maximum Gasteiger partial charge on any atom is 0.410 e. The third-order valence-electron chi connectivity index (χ3n) is 8.69. The maximum absolute atomic E-state index is 12.8. The number of thiazole rings is 1. The lowest BCUT2D eigenvalue weighted by atomic mass is 10.0. The number of carboxylic acid groups (broad SMARTS) is 2. The Labute approximate surface area is 293 Å². The van der Waals surface area contributed by atoms with Crippen LogP contribution in [0.1, 0.15) is 77.4 Å². The van der Waals surface area contributed by atoms with Crippen LogP contribution in [0.4, 0.5) is 25.2 Å². The molecule has 1 aromatic heterocycles. The standard InChI is InChI=1S/C34H52N8O6S/c1-23(43)35-28-37-26(27(49-28)22-38-18-20-40(21-19-38)30(44)39-16-8-9-17-39)15-12-24-10-13-25(14-11-24)36-29(41(31(45)46)33(2,3)4)42(32(47)48)34(5,6)7/h10-11,13-14,29,36H,8-9,12,15-22H2,1-7H3,(H,45,46)(H,47,48)(H,35,37,43). The number of aryl methyl sites for hydroxylation is 2. The number of nitrogens with zero attached hydrogens (tertiary/aromatic N) is 6. The van der Waals surface area contributed by atoms with Gasteiger partial charge in [-0.1, -0.05) is 12.1 Å². The van der Waals surface area contributed by atoms with Gasteiger partial charge in [0.25, 0.3) is 0 Å². The zero-order chi connectivity index (χ0) is 36.1. The van der Waals surface area contributed by atoms with Crippen molar-refractivity contribution in [3.8, 4) is 0 Å². The molecule has 49 heavy (non-hydrogen) atoms. The Bertz CT molecular complexity index is 1440. The van der Waals surface area contributed by atoms with Crippen LogP contribution in [0.5, 0.6) is 0 Å². The Morgan fingerprint density at radius 1 is 0.837 bits per heavy atom. The van der Waals surface area contributed by atoms with Gasteiger partial charge in [-0.15, -0.1) is 11.3 Å². The highest BCUT2D eigenvalue weighted by atomic mass is 32.1. The van der Waals surface area contributed by atoms with Crippen molar-refractivity contribution in [1.29, 1.82) is 0 Å². The highest BCUT2D eigenvalue weighted by molar-refractivity contribution is 7.15. The maximum atomic E-state index is 12.8. The molecule has 0 spiro atoms. The fourth-order valence-corrected chi connectivity index (χ4v) is 7.35. The van der Waals surface area contributed by atoms with Crippen molar-refractivity contribution >= 4 is 46.3 Å². The van der Waals surface area contributed by atoms with Crippen molar-refractivity contribution in [2.45, 2.75) is 98.1 Å². The van der Waals surface area contributed by atoms with Gasteiger partial charge in [-0.05, 0) is 84.9 Å². The number of carbonyl (C=O) groups excluding carboxylic acids is 2. The quantitative estimate of drug-likeness (QED) is 0.236. The topological polar surface area (TPSA) is 162 Å². The molecule has 2 aliphatic heterocycles. The van der Waals surface area contributed by atoms with Crippen LogP contribution in [0, 0.1) is 0 Å². The third kappa shape index (κ3) is 9.97. The molecule has 0 unspecified atom stereocenters. The number of piperazine rings is 1. The number of carbonyl (C=O) groups is 4.